The van der Waals surface area contributed by atoms with Crippen LogP contribution in [0.15, 0.2) is 42.6 Å². The minimum absolute atomic E-state index is 0.0526. The fourth-order valence-corrected chi connectivity index (χ4v) is 1.89. The predicted octanol–water partition coefficient (Wildman–Crippen LogP) is 2.37. The maximum atomic E-state index is 11.7. The molecule has 0 radical (unpaired) electrons. The van der Waals surface area contributed by atoms with Gasteiger partial charge in [-0.05, 0) is 18.4 Å². The number of carbonyl (C=O) groups excluding carboxylic acids is 1. The van der Waals surface area contributed by atoms with Crippen molar-refractivity contribution < 1.29 is 4.79 Å². The predicted molar refractivity (Wildman–Crippen MR) is 75.8 cm³/mol. The molecule has 2 aromatic rings. The van der Waals surface area contributed by atoms with Gasteiger partial charge in [0.25, 0.3) is 0 Å². The van der Waals surface area contributed by atoms with E-state index in [1.165, 1.54) is 10.2 Å². The van der Waals surface area contributed by atoms with E-state index in [9.17, 15) is 4.79 Å². The average Bonchev–Trinajstić information content (AvgIpc) is 2.88. The van der Waals surface area contributed by atoms with Crippen molar-refractivity contribution in [2.24, 2.45) is 0 Å². The SMILES string of the molecule is N#CCn1ccc(NC(=O)CCCc2ccccc2)n1. The molecule has 20 heavy (non-hydrogen) atoms. The topological polar surface area (TPSA) is 70.7 Å². The van der Waals surface area contributed by atoms with E-state index in [1.54, 1.807) is 12.3 Å². The second-order valence-corrected chi connectivity index (χ2v) is 4.44. The van der Waals surface area contributed by atoms with Crippen LogP contribution < -0.4 is 5.32 Å². The lowest BCUT2D eigenvalue weighted by molar-refractivity contribution is -0.116. The van der Waals surface area contributed by atoms with Crippen molar-refractivity contribution in [3.05, 3.63) is 48.2 Å². The number of nitrogens with one attached hydrogen (secondary N) is 1. The Bertz CT molecular complexity index is 598. The molecular formula is C15H16N4O. The Labute approximate surface area is 117 Å². The molecule has 0 bridgehead atoms. The minimum Gasteiger partial charge on any atom is -0.309 e. The Morgan fingerprint density at radius 3 is 2.85 bits per heavy atom. The number of hydrogen-bond acceptors (Lipinski definition) is 3. The monoisotopic (exact) mass is 268 g/mol. The second-order valence-electron chi connectivity index (χ2n) is 4.44. The van der Waals surface area contributed by atoms with E-state index in [2.05, 4.69) is 22.5 Å². The molecule has 1 amide bonds. The molecule has 0 aliphatic heterocycles. The lowest BCUT2D eigenvalue weighted by Crippen LogP contribution is -2.12. The van der Waals surface area contributed by atoms with Crippen LogP contribution in [0.1, 0.15) is 18.4 Å². The van der Waals surface area contributed by atoms with Crippen LogP contribution in [0.25, 0.3) is 0 Å². The number of rotatable bonds is 6. The first-order valence-electron chi connectivity index (χ1n) is 6.52. The molecule has 0 saturated carbocycles. The number of nitriles is 1. The van der Waals surface area contributed by atoms with Gasteiger partial charge in [0.1, 0.15) is 6.54 Å². The van der Waals surface area contributed by atoms with Crippen molar-refractivity contribution in [2.45, 2.75) is 25.8 Å². The molecule has 0 aliphatic carbocycles. The smallest absolute Gasteiger partial charge is 0.225 e. The fourth-order valence-electron chi connectivity index (χ4n) is 1.89. The molecule has 0 atom stereocenters. The molecule has 0 fully saturated rings. The van der Waals surface area contributed by atoms with Gasteiger partial charge in [0, 0.05) is 18.7 Å². The van der Waals surface area contributed by atoms with Crippen LogP contribution in [-0.4, -0.2) is 15.7 Å². The van der Waals surface area contributed by atoms with Gasteiger partial charge < -0.3 is 5.32 Å². The van der Waals surface area contributed by atoms with Gasteiger partial charge in [-0.25, -0.2) is 0 Å². The Hall–Kier alpha value is -2.61. The maximum absolute atomic E-state index is 11.7. The average molecular weight is 268 g/mol. The van der Waals surface area contributed by atoms with Gasteiger partial charge in [-0.3, -0.25) is 9.48 Å². The zero-order valence-corrected chi connectivity index (χ0v) is 11.1. The molecule has 1 aromatic heterocycles. The highest BCUT2D eigenvalue weighted by atomic mass is 16.1. The highest BCUT2D eigenvalue weighted by Crippen LogP contribution is 2.07. The Balaban J connectivity index is 1.73. The molecule has 0 aliphatic rings. The first-order chi connectivity index (χ1) is 9.78. The fraction of sp³-hybridized carbons (Fsp3) is 0.267. The summed E-state index contributed by atoms with van der Waals surface area (Å²) in [4.78, 5) is 11.7. The zero-order chi connectivity index (χ0) is 14.2. The number of aromatic nitrogens is 2. The standard InChI is InChI=1S/C15H16N4O/c16-10-12-19-11-9-14(18-19)17-15(20)8-4-7-13-5-2-1-3-6-13/h1-3,5-6,9,11H,4,7-8,12H2,(H,17,18,20). The van der Waals surface area contributed by atoms with Crippen molar-refractivity contribution in [2.75, 3.05) is 5.32 Å². The largest absolute Gasteiger partial charge is 0.309 e. The Morgan fingerprint density at radius 1 is 1.30 bits per heavy atom. The number of carbonyl (C=O) groups is 1. The van der Waals surface area contributed by atoms with Crippen LogP contribution in [0.2, 0.25) is 0 Å². The third-order valence-electron chi connectivity index (χ3n) is 2.85. The lowest BCUT2D eigenvalue weighted by Gasteiger charge is -2.02. The number of amides is 1. The summed E-state index contributed by atoms with van der Waals surface area (Å²) in [5, 5.41) is 15.3. The summed E-state index contributed by atoms with van der Waals surface area (Å²) in [6.45, 7) is 0.184. The van der Waals surface area contributed by atoms with Crippen LogP contribution in [0, 0.1) is 11.3 Å². The number of aryl methyl sites for hydroxylation is 1. The van der Waals surface area contributed by atoms with Gasteiger partial charge in [-0.1, -0.05) is 30.3 Å². The summed E-state index contributed by atoms with van der Waals surface area (Å²) in [6, 6.07) is 13.8. The van der Waals surface area contributed by atoms with Gasteiger partial charge in [-0.2, -0.15) is 10.4 Å². The summed E-state index contributed by atoms with van der Waals surface area (Å²) in [7, 11) is 0. The van der Waals surface area contributed by atoms with Gasteiger partial charge in [0.2, 0.25) is 5.91 Å². The summed E-state index contributed by atoms with van der Waals surface area (Å²) in [5.74, 6) is 0.438. The van der Waals surface area contributed by atoms with Crippen LogP contribution in [-0.2, 0) is 17.8 Å². The van der Waals surface area contributed by atoms with Gasteiger partial charge in [-0.15, -0.1) is 0 Å². The van der Waals surface area contributed by atoms with Crippen molar-refractivity contribution in [3.8, 4) is 6.07 Å². The summed E-state index contributed by atoms with van der Waals surface area (Å²) < 4.78 is 1.49. The van der Waals surface area contributed by atoms with E-state index in [-0.39, 0.29) is 12.5 Å². The Morgan fingerprint density at radius 2 is 2.10 bits per heavy atom. The molecule has 0 unspecified atom stereocenters. The normalized spacial score (nSPS) is 9.95. The quantitative estimate of drug-likeness (QED) is 0.874. The molecule has 0 saturated heterocycles. The maximum Gasteiger partial charge on any atom is 0.225 e. The molecule has 102 valence electrons. The van der Waals surface area contributed by atoms with E-state index in [4.69, 9.17) is 5.26 Å². The molecule has 1 N–H and O–H groups in total. The number of anilines is 1. The molecule has 0 spiro atoms. The number of hydrogen-bond donors (Lipinski definition) is 1. The highest BCUT2D eigenvalue weighted by molar-refractivity contribution is 5.89. The van der Waals surface area contributed by atoms with Crippen LogP contribution in [0.3, 0.4) is 0 Å². The van der Waals surface area contributed by atoms with Crippen molar-refractivity contribution >= 4 is 11.7 Å². The van der Waals surface area contributed by atoms with Gasteiger partial charge >= 0.3 is 0 Å². The molecule has 5 heteroatoms. The zero-order valence-electron chi connectivity index (χ0n) is 11.1. The molecular weight excluding hydrogens is 252 g/mol. The summed E-state index contributed by atoms with van der Waals surface area (Å²) in [5.41, 5.74) is 1.23. The van der Waals surface area contributed by atoms with E-state index < -0.39 is 0 Å². The van der Waals surface area contributed by atoms with E-state index in [0.29, 0.717) is 12.2 Å². The van der Waals surface area contributed by atoms with E-state index >= 15 is 0 Å². The van der Waals surface area contributed by atoms with Crippen molar-refractivity contribution in [1.29, 1.82) is 5.26 Å². The third kappa shape index (κ3) is 4.25. The van der Waals surface area contributed by atoms with E-state index in [0.717, 1.165) is 12.8 Å². The molecule has 5 nitrogen and oxygen atoms in total. The van der Waals surface area contributed by atoms with Crippen molar-refractivity contribution in [3.63, 3.8) is 0 Å². The number of benzene rings is 1. The third-order valence-corrected chi connectivity index (χ3v) is 2.85. The first kappa shape index (κ1) is 13.8. The molecule has 1 aromatic carbocycles. The van der Waals surface area contributed by atoms with Gasteiger partial charge in [0.05, 0.1) is 6.07 Å². The summed E-state index contributed by atoms with van der Waals surface area (Å²) >= 11 is 0. The van der Waals surface area contributed by atoms with Crippen molar-refractivity contribution in [1.82, 2.24) is 9.78 Å². The van der Waals surface area contributed by atoms with Crippen LogP contribution in [0.4, 0.5) is 5.82 Å². The molecule has 2 rings (SSSR count). The first-order valence-corrected chi connectivity index (χ1v) is 6.52. The number of nitrogens with zero attached hydrogens (tertiary/aromatic N) is 3. The van der Waals surface area contributed by atoms with Gasteiger partial charge in [0.15, 0.2) is 5.82 Å². The lowest BCUT2D eigenvalue weighted by atomic mass is 10.1. The Kier molecular flexibility index (Phi) is 4.90. The highest BCUT2D eigenvalue weighted by Gasteiger charge is 2.05. The summed E-state index contributed by atoms with van der Waals surface area (Å²) in [6.07, 6.45) is 3.81. The van der Waals surface area contributed by atoms with Crippen LogP contribution >= 0.6 is 0 Å². The van der Waals surface area contributed by atoms with Crippen LogP contribution in [0.5, 0.6) is 0 Å². The van der Waals surface area contributed by atoms with E-state index in [1.807, 2.05) is 24.3 Å². The molecule has 1 heterocycles. The minimum atomic E-state index is -0.0526. The second kappa shape index (κ2) is 7.10.